The Morgan fingerprint density at radius 2 is 1.67 bits per heavy atom. The molecule has 0 spiro atoms. The van der Waals surface area contributed by atoms with Crippen LogP contribution in [0.2, 0.25) is 0 Å². The molecule has 1 saturated heterocycles. The standard InChI is InChI=1S/C26H28N4O6/c1-16-6-4-5-7-21(16)23-28-22(36-29-23)15-30-10-8-17(9-11-30)24(31)27-20-13-18(25(32)34-2)12-19(14-20)26(33)35-3/h4-7,12-14,17H,8-11,15H2,1-3H3,(H,27,31). The molecule has 10 heteroatoms. The van der Waals surface area contributed by atoms with Crippen molar-refractivity contribution in [3.05, 3.63) is 65.0 Å². The molecule has 3 aromatic rings. The maximum Gasteiger partial charge on any atom is 0.337 e. The van der Waals surface area contributed by atoms with Gasteiger partial charge in [-0.2, -0.15) is 4.98 Å². The van der Waals surface area contributed by atoms with Crippen LogP contribution in [0.1, 0.15) is 45.0 Å². The molecule has 1 N–H and O–H groups in total. The molecule has 0 bridgehead atoms. The molecular formula is C26H28N4O6. The van der Waals surface area contributed by atoms with E-state index in [1.54, 1.807) is 0 Å². The van der Waals surface area contributed by atoms with Gasteiger partial charge in [-0.05, 0) is 56.6 Å². The summed E-state index contributed by atoms with van der Waals surface area (Å²) in [5, 5.41) is 6.94. The fraction of sp³-hybridized carbons (Fsp3) is 0.346. The Kier molecular flexibility index (Phi) is 7.74. The lowest BCUT2D eigenvalue weighted by Gasteiger charge is -2.30. The van der Waals surface area contributed by atoms with Gasteiger partial charge >= 0.3 is 11.9 Å². The van der Waals surface area contributed by atoms with Crippen molar-refractivity contribution < 1.29 is 28.4 Å². The minimum atomic E-state index is -0.615. The SMILES string of the molecule is COC(=O)c1cc(NC(=O)C2CCN(Cc3nc(-c4ccccc4C)no3)CC2)cc(C(=O)OC)c1. The summed E-state index contributed by atoms with van der Waals surface area (Å²) in [6.45, 7) is 3.89. The van der Waals surface area contributed by atoms with Gasteiger partial charge in [0.25, 0.3) is 0 Å². The van der Waals surface area contributed by atoms with Gasteiger partial charge in [0.05, 0.1) is 31.9 Å². The van der Waals surface area contributed by atoms with E-state index in [1.165, 1.54) is 32.4 Å². The molecule has 1 amide bonds. The summed E-state index contributed by atoms with van der Waals surface area (Å²) >= 11 is 0. The number of nitrogens with one attached hydrogen (secondary N) is 1. The minimum absolute atomic E-state index is 0.148. The number of piperidine rings is 1. The molecule has 10 nitrogen and oxygen atoms in total. The van der Waals surface area contributed by atoms with E-state index in [-0.39, 0.29) is 23.0 Å². The zero-order valence-corrected chi connectivity index (χ0v) is 20.4. The number of anilines is 1. The summed E-state index contributed by atoms with van der Waals surface area (Å²) in [7, 11) is 2.49. The third-order valence-corrected chi connectivity index (χ3v) is 6.21. The van der Waals surface area contributed by atoms with E-state index < -0.39 is 11.9 Å². The van der Waals surface area contributed by atoms with Gasteiger partial charge in [0.15, 0.2) is 0 Å². The number of likely N-dealkylation sites (tertiary alicyclic amines) is 1. The Morgan fingerprint density at radius 3 is 2.28 bits per heavy atom. The predicted molar refractivity (Wildman–Crippen MR) is 130 cm³/mol. The topological polar surface area (TPSA) is 124 Å². The first-order valence-corrected chi connectivity index (χ1v) is 11.6. The second-order valence-corrected chi connectivity index (χ2v) is 8.65. The van der Waals surface area contributed by atoms with Crippen LogP contribution in [0.25, 0.3) is 11.4 Å². The van der Waals surface area contributed by atoms with Crippen LogP contribution in [0.4, 0.5) is 5.69 Å². The fourth-order valence-electron chi connectivity index (χ4n) is 4.21. The Morgan fingerprint density at radius 1 is 1.03 bits per heavy atom. The number of carbonyl (C=O) groups excluding carboxylic acids is 3. The average molecular weight is 493 g/mol. The third-order valence-electron chi connectivity index (χ3n) is 6.21. The molecule has 1 aliphatic heterocycles. The molecule has 0 aliphatic carbocycles. The first kappa shape index (κ1) is 25.1. The van der Waals surface area contributed by atoms with Crippen LogP contribution in [0.3, 0.4) is 0 Å². The zero-order valence-electron chi connectivity index (χ0n) is 20.4. The van der Waals surface area contributed by atoms with Crippen molar-refractivity contribution in [2.75, 3.05) is 32.6 Å². The maximum atomic E-state index is 12.9. The number of hydrogen-bond acceptors (Lipinski definition) is 9. The summed E-state index contributed by atoms with van der Waals surface area (Å²) in [4.78, 5) is 43.6. The highest BCUT2D eigenvalue weighted by Crippen LogP contribution is 2.24. The number of carbonyl (C=O) groups is 3. The Balaban J connectivity index is 1.35. The molecule has 0 unspecified atom stereocenters. The summed E-state index contributed by atoms with van der Waals surface area (Å²) in [5.74, 6) is -0.515. The highest BCUT2D eigenvalue weighted by atomic mass is 16.5. The predicted octanol–water partition coefficient (Wildman–Crippen LogP) is 3.47. The van der Waals surface area contributed by atoms with Gasteiger partial charge < -0.3 is 19.3 Å². The van der Waals surface area contributed by atoms with Crippen molar-refractivity contribution in [1.82, 2.24) is 15.0 Å². The minimum Gasteiger partial charge on any atom is -0.465 e. The fourth-order valence-corrected chi connectivity index (χ4v) is 4.21. The van der Waals surface area contributed by atoms with Crippen molar-refractivity contribution in [3.8, 4) is 11.4 Å². The van der Waals surface area contributed by atoms with Crippen molar-refractivity contribution in [2.24, 2.45) is 5.92 Å². The summed E-state index contributed by atoms with van der Waals surface area (Å²) in [5.41, 5.74) is 2.65. The second-order valence-electron chi connectivity index (χ2n) is 8.65. The zero-order chi connectivity index (χ0) is 25.7. The van der Waals surface area contributed by atoms with Gasteiger partial charge in [-0.15, -0.1) is 0 Å². The van der Waals surface area contributed by atoms with Gasteiger partial charge in [0.2, 0.25) is 17.6 Å². The lowest BCUT2D eigenvalue weighted by atomic mass is 9.95. The van der Waals surface area contributed by atoms with Crippen LogP contribution in [-0.4, -0.2) is 60.2 Å². The molecule has 188 valence electrons. The number of aromatic nitrogens is 2. The van der Waals surface area contributed by atoms with Crippen LogP contribution >= 0.6 is 0 Å². The number of rotatable bonds is 7. The van der Waals surface area contributed by atoms with Crippen molar-refractivity contribution in [3.63, 3.8) is 0 Å². The first-order valence-electron chi connectivity index (χ1n) is 11.6. The Hall–Kier alpha value is -4.05. The highest BCUT2D eigenvalue weighted by Gasteiger charge is 2.27. The van der Waals surface area contributed by atoms with Crippen LogP contribution in [0.15, 0.2) is 47.0 Å². The molecule has 0 radical (unpaired) electrons. The first-order chi connectivity index (χ1) is 17.4. The van der Waals surface area contributed by atoms with E-state index in [4.69, 9.17) is 14.0 Å². The molecule has 2 aromatic carbocycles. The molecule has 0 atom stereocenters. The van der Waals surface area contributed by atoms with Gasteiger partial charge in [0, 0.05) is 17.2 Å². The number of benzene rings is 2. The van der Waals surface area contributed by atoms with E-state index in [9.17, 15) is 14.4 Å². The molecule has 1 aliphatic rings. The molecule has 2 heterocycles. The van der Waals surface area contributed by atoms with Crippen LogP contribution in [0, 0.1) is 12.8 Å². The van der Waals surface area contributed by atoms with Gasteiger partial charge in [-0.3, -0.25) is 9.69 Å². The molecule has 36 heavy (non-hydrogen) atoms. The number of nitrogens with zero attached hydrogens (tertiary/aromatic N) is 3. The normalized spacial score (nSPS) is 14.3. The van der Waals surface area contributed by atoms with E-state index in [1.807, 2.05) is 31.2 Å². The molecule has 4 rings (SSSR count). The smallest absolute Gasteiger partial charge is 0.337 e. The van der Waals surface area contributed by atoms with E-state index in [0.29, 0.717) is 49.9 Å². The number of hydrogen-bond donors (Lipinski definition) is 1. The maximum absolute atomic E-state index is 12.9. The van der Waals surface area contributed by atoms with Gasteiger partial charge in [-0.1, -0.05) is 29.4 Å². The number of methoxy groups -OCH3 is 2. The average Bonchev–Trinajstić information content (AvgIpc) is 3.36. The third kappa shape index (κ3) is 5.77. The van der Waals surface area contributed by atoms with Crippen molar-refractivity contribution in [1.29, 1.82) is 0 Å². The van der Waals surface area contributed by atoms with E-state index in [2.05, 4.69) is 20.4 Å². The largest absolute Gasteiger partial charge is 0.465 e. The van der Waals surface area contributed by atoms with Crippen molar-refractivity contribution >= 4 is 23.5 Å². The molecule has 1 fully saturated rings. The number of esters is 2. The van der Waals surface area contributed by atoms with Gasteiger partial charge in [0.1, 0.15) is 0 Å². The van der Waals surface area contributed by atoms with Crippen molar-refractivity contribution in [2.45, 2.75) is 26.3 Å². The van der Waals surface area contributed by atoms with Crippen LogP contribution in [0.5, 0.6) is 0 Å². The lowest BCUT2D eigenvalue weighted by Crippen LogP contribution is -2.37. The quantitative estimate of drug-likeness (QED) is 0.494. The van der Waals surface area contributed by atoms with E-state index >= 15 is 0 Å². The Labute approximate surface area is 208 Å². The van der Waals surface area contributed by atoms with Gasteiger partial charge in [-0.25, -0.2) is 9.59 Å². The summed E-state index contributed by atoms with van der Waals surface area (Å²) < 4.78 is 14.9. The monoisotopic (exact) mass is 492 g/mol. The molecular weight excluding hydrogens is 464 g/mol. The van der Waals surface area contributed by atoms with Crippen LogP contribution < -0.4 is 5.32 Å². The number of aryl methyl sites for hydroxylation is 1. The summed E-state index contributed by atoms with van der Waals surface area (Å²) in [6.07, 6.45) is 1.29. The lowest BCUT2D eigenvalue weighted by molar-refractivity contribution is -0.121. The van der Waals surface area contributed by atoms with Crippen LogP contribution in [-0.2, 0) is 20.8 Å². The molecule has 0 saturated carbocycles. The van der Waals surface area contributed by atoms with E-state index in [0.717, 1.165) is 11.1 Å². The molecule has 1 aromatic heterocycles. The number of amides is 1. The highest BCUT2D eigenvalue weighted by molar-refractivity contribution is 6.00. The summed E-state index contributed by atoms with van der Waals surface area (Å²) in [6, 6.07) is 12.2. The number of ether oxygens (including phenoxy) is 2. The second kappa shape index (κ2) is 11.1. The Bertz CT molecular complexity index is 1230.